The van der Waals surface area contributed by atoms with Crippen molar-refractivity contribution in [3.8, 4) is 0 Å². The summed E-state index contributed by atoms with van der Waals surface area (Å²) in [6, 6.07) is 0. The molecule has 0 radical (unpaired) electrons. The van der Waals surface area contributed by atoms with Gasteiger partial charge in [-0.15, -0.1) is 0 Å². The first kappa shape index (κ1) is 24.3. The number of thiocarbonyl (C=S) groups is 3. The van der Waals surface area contributed by atoms with E-state index in [4.69, 9.17) is 3.76 Å². The summed E-state index contributed by atoms with van der Waals surface area (Å²) < 4.78 is 7.26. The standard InChI is InChI=1S/3CH3NS2.Mo.H2O/c3*2-1(3)4;;/h3*(H3,2,3,4);;1H2/q;;;+4;/p-4. The van der Waals surface area contributed by atoms with Crippen LogP contribution >= 0.6 is 36.7 Å². The Morgan fingerprint density at radius 1 is 0.786 bits per heavy atom. The maximum absolute atomic E-state index is 7.01. The Labute approximate surface area is 127 Å². The summed E-state index contributed by atoms with van der Waals surface area (Å²) in [5.41, 5.74) is 14.0. The van der Waals surface area contributed by atoms with Crippen LogP contribution in [-0.4, -0.2) is 16.7 Å². The normalized spacial score (nSPS) is 5.43. The van der Waals surface area contributed by atoms with Gasteiger partial charge in [0.25, 0.3) is 0 Å². The molecule has 0 spiro atoms. The summed E-state index contributed by atoms with van der Waals surface area (Å²) in [5.74, 6) is 0. The summed E-state index contributed by atoms with van der Waals surface area (Å²) in [5, 5.41) is 0. The topological polar surface area (TPSA) is 98.3 Å². The molecule has 0 amide bonds. The molecule has 82 valence electrons. The van der Waals surface area contributed by atoms with E-state index in [1.54, 1.807) is 0 Å². The molecule has 0 unspecified atom stereocenters. The van der Waals surface area contributed by atoms with Gasteiger partial charge in [0, 0.05) is 0 Å². The number of rotatable bonds is 0. The third-order valence-electron chi connectivity index (χ3n) is 0. The fourth-order valence-corrected chi connectivity index (χ4v) is 0. The van der Waals surface area contributed by atoms with Crippen molar-refractivity contribution in [3.63, 3.8) is 0 Å². The minimum absolute atomic E-state index is 0.0833. The molecule has 0 saturated heterocycles. The van der Waals surface area contributed by atoms with E-state index >= 15 is 0 Å². The van der Waals surface area contributed by atoms with Crippen molar-refractivity contribution in [1.82, 2.24) is 0 Å². The monoisotopic (exact) mass is 391 g/mol. The molecule has 11 heteroatoms. The average Bonchev–Trinajstić information content (AvgIpc) is 1.86. The summed E-state index contributed by atoms with van der Waals surface area (Å²) in [4.78, 5) is 0. The van der Waals surface area contributed by atoms with Crippen LogP contribution in [0.1, 0.15) is 0 Å². The predicted molar refractivity (Wildman–Crippen MR) is 74.7 cm³/mol. The van der Waals surface area contributed by atoms with Crippen molar-refractivity contribution >= 4 is 87.5 Å². The Bertz CT molecular complexity index is 126. The van der Waals surface area contributed by atoms with Gasteiger partial charge in [-0.05, 0) is 0 Å². The Kier molecular flexibility index (Phi) is 41.0. The van der Waals surface area contributed by atoms with Gasteiger partial charge in [0.15, 0.2) is 0 Å². The Balaban J connectivity index is -0.0000000492. The van der Waals surface area contributed by atoms with Crippen molar-refractivity contribution in [3.05, 3.63) is 0 Å². The molecule has 0 heterocycles. The van der Waals surface area contributed by atoms with Gasteiger partial charge < -0.3 is 91.7 Å². The van der Waals surface area contributed by atoms with Gasteiger partial charge in [0.05, 0.1) is 0 Å². The summed E-state index contributed by atoms with van der Waals surface area (Å²) in [6.45, 7) is 0. The van der Waals surface area contributed by atoms with Crippen LogP contribution in [0.3, 0.4) is 0 Å². The molecule has 0 aliphatic heterocycles. The minimum atomic E-state index is 0.0833. The molecule has 0 fully saturated rings. The van der Waals surface area contributed by atoms with E-state index in [0.29, 0.717) is 0 Å². The van der Waals surface area contributed by atoms with Crippen LogP contribution in [0, 0.1) is 0 Å². The Morgan fingerprint density at radius 3 is 0.786 bits per heavy atom. The second-order valence-electron chi connectivity index (χ2n) is 0.957. The van der Waals surface area contributed by atoms with Crippen LogP contribution in [0.4, 0.5) is 0 Å². The molecule has 0 bridgehead atoms. The van der Waals surface area contributed by atoms with Crippen molar-refractivity contribution in [2.45, 2.75) is 0 Å². The Hall–Kier alpha value is 0.978. The van der Waals surface area contributed by atoms with Crippen LogP contribution in [0.5, 0.6) is 0 Å². The second-order valence-corrected chi connectivity index (χ2v) is 4.37. The SMILES string of the molecule is NC(=S)[S-].NC(=S)[S-].NC(=S)[S-].[OH][Mo+3]. The molecule has 7 N–H and O–H groups in total. The zero-order valence-corrected chi connectivity index (χ0v) is 13.4. The molecule has 0 aromatic carbocycles. The van der Waals surface area contributed by atoms with E-state index in [0.717, 1.165) is 20.2 Å². The van der Waals surface area contributed by atoms with Crippen LogP contribution < -0.4 is 17.2 Å². The van der Waals surface area contributed by atoms with Crippen LogP contribution in [0.25, 0.3) is 0 Å². The molecule has 0 aromatic rings. The molecule has 0 atom stereocenters. The van der Waals surface area contributed by atoms with Crippen molar-refractivity contribution in [1.29, 1.82) is 0 Å². The van der Waals surface area contributed by atoms with E-state index in [9.17, 15) is 0 Å². The van der Waals surface area contributed by atoms with E-state index in [1.165, 1.54) is 0 Å². The van der Waals surface area contributed by atoms with Gasteiger partial charge in [-0.2, -0.15) is 0 Å². The Morgan fingerprint density at radius 2 is 0.786 bits per heavy atom. The summed E-state index contributed by atoms with van der Waals surface area (Å²) in [6.07, 6.45) is 0. The van der Waals surface area contributed by atoms with E-state index in [-0.39, 0.29) is 13.0 Å². The molecule has 0 aliphatic carbocycles. The molecule has 0 aromatic heterocycles. The van der Waals surface area contributed by atoms with Gasteiger partial charge in [-0.1, -0.05) is 13.0 Å². The average molecular weight is 389 g/mol. The van der Waals surface area contributed by atoms with E-state index < -0.39 is 0 Å². The number of nitrogens with two attached hydrogens (primary N) is 3. The van der Waals surface area contributed by atoms with Crippen molar-refractivity contribution in [2.75, 3.05) is 0 Å². The predicted octanol–water partition coefficient (Wildman–Crippen LogP) is -1.23. The van der Waals surface area contributed by atoms with Crippen LogP contribution in [0.2, 0.25) is 0 Å². The van der Waals surface area contributed by atoms with Crippen molar-refractivity contribution in [2.24, 2.45) is 17.2 Å². The molecule has 14 heavy (non-hydrogen) atoms. The van der Waals surface area contributed by atoms with Gasteiger partial charge in [-0.25, -0.2) is 0 Å². The third-order valence-corrected chi connectivity index (χ3v) is 0. The molecule has 0 aliphatic rings. The first-order chi connectivity index (χ1) is 6.20. The molecule has 4 nitrogen and oxygen atoms in total. The van der Waals surface area contributed by atoms with Gasteiger partial charge in [-0.3, -0.25) is 0 Å². The molecule has 0 saturated carbocycles. The zero-order chi connectivity index (χ0) is 12.7. The van der Waals surface area contributed by atoms with Crippen LogP contribution in [-0.2, 0) is 58.1 Å². The number of hydrogen-bond acceptors (Lipinski definition) is 7. The molecular formula is C3H7MoN3OS6. The maximum atomic E-state index is 7.01. The quantitative estimate of drug-likeness (QED) is 0.229. The molecule has 0 rings (SSSR count). The first-order valence-corrected chi connectivity index (χ1v) is 5.62. The first-order valence-electron chi connectivity index (χ1n) is 2.27. The van der Waals surface area contributed by atoms with Gasteiger partial charge in [0.2, 0.25) is 0 Å². The van der Waals surface area contributed by atoms with Crippen molar-refractivity contribution < 1.29 is 24.0 Å². The molecular weight excluding hydrogens is 382 g/mol. The van der Waals surface area contributed by atoms with E-state index in [1.807, 2.05) is 0 Å². The van der Waals surface area contributed by atoms with E-state index in [2.05, 4.69) is 91.7 Å². The fraction of sp³-hybridized carbons (Fsp3) is 0. The van der Waals surface area contributed by atoms with Gasteiger partial charge in [0.1, 0.15) is 0 Å². The second kappa shape index (κ2) is 23.6. The van der Waals surface area contributed by atoms with Gasteiger partial charge >= 0.3 is 24.0 Å². The fourth-order valence-electron chi connectivity index (χ4n) is 0. The third kappa shape index (κ3) is 1950. The summed E-state index contributed by atoms with van der Waals surface area (Å²) >= 11 is 25.7. The van der Waals surface area contributed by atoms with Crippen LogP contribution in [0.15, 0.2) is 0 Å². The number of hydrogen-bond donors (Lipinski definition) is 4. The zero-order valence-electron chi connectivity index (χ0n) is 6.54. The summed E-state index contributed by atoms with van der Waals surface area (Å²) in [7, 11) is 0.